The summed E-state index contributed by atoms with van der Waals surface area (Å²) in [5, 5.41) is 7.15. The molecule has 0 bridgehead atoms. The van der Waals surface area contributed by atoms with Crippen molar-refractivity contribution in [3.63, 3.8) is 0 Å². The molecule has 3 nitrogen and oxygen atoms in total. The van der Waals surface area contributed by atoms with Crippen molar-refractivity contribution in [1.29, 1.82) is 0 Å². The monoisotopic (exact) mass is 184 g/mol. The lowest BCUT2D eigenvalue weighted by Crippen LogP contribution is -2.48. The molecule has 76 valence electrons. The summed E-state index contributed by atoms with van der Waals surface area (Å²) in [5.41, 5.74) is 0. The van der Waals surface area contributed by atoms with Gasteiger partial charge in [-0.3, -0.25) is 0 Å². The maximum Gasteiger partial charge on any atom is 0.0620 e. The van der Waals surface area contributed by atoms with Gasteiger partial charge in [-0.25, -0.2) is 0 Å². The Balaban J connectivity index is 1.73. The van der Waals surface area contributed by atoms with Gasteiger partial charge in [0.2, 0.25) is 0 Å². The Morgan fingerprint density at radius 2 is 2.23 bits per heavy atom. The van der Waals surface area contributed by atoms with Crippen LogP contribution in [0.5, 0.6) is 0 Å². The number of hydrogen-bond acceptors (Lipinski definition) is 3. The zero-order valence-corrected chi connectivity index (χ0v) is 8.38. The van der Waals surface area contributed by atoms with Crippen LogP contribution in [0, 0.1) is 0 Å². The summed E-state index contributed by atoms with van der Waals surface area (Å²) in [6.07, 6.45) is 3.72. The molecule has 2 rings (SSSR count). The van der Waals surface area contributed by atoms with E-state index >= 15 is 0 Å². The molecule has 3 atom stereocenters. The van der Waals surface area contributed by atoms with Crippen LogP contribution >= 0.6 is 0 Å². The molecule has 2 N–H and O–H groups in total. The van der Waals surface area contributed by atoms with Crippen LogP contribution in [0.3, 0.4) is 0 Å². The minimum Gasteiger partial charge on any atom is -0.380 e. The summed E-state index contributed by atoms with van der Waals surface area (Å²) >= 11 is 0. The first-order chi connectivity index (χ1) is 6.34. The first-order valence-electron chi connectivity index (χ1n) is 5.42. The predicted octanol–water partition coefficient (Wildman–Crippen LogP) is 0.505. The molecule has 2 saturated heterocycles. The van der Waals surface area contributed by atoms with E-state index in [0.29, 0.717) is 18.1 Å². The third-order valence-corrected chi connectivity index (χ3v) is 3.02. The SMILES string of the molecule is C[C@@H]1C[C@@H](N[C@H]2CCOC2)CCN1. The number of ether oxygens (including phenoxy) is 1. The van der Waals surface area contributed by atoms with E-state index in [2.05, 4.69) is 17.6 Å². The second-order valence-electron chi connectivity index (χ2n) is 4.30. The van der Waals surface area contributed by atoms with Gasteiger partial charge in [-0.05, 0) is 32.7 Å². The van der Waals surface area contributed by atoms with E-state index in [4.69, 9.17) is 4.74 Å². The smallest absolute Gasteiger partial charge is 0.0620 e. The molecule has 13 heavy (non-hydrogen) atoms. The summed E-state index contributed by atoms with van der Waals surface area (Å²) < 4.78 is 5.35. The minimum absolute atomic E-state index is 0.621. The summed E-state index contributed by atoms with van der Waals surface area (Å²) in [5.74, 6) is 0. The maximum absolute atomic E-state index is 5.35. The van der Waals surface area contributed by atoms with Gasteiger partial charge >= 0.3 is 0 Å². The molecule has 2 heterocycles. The van der Waals surface area contributed by atoms with E-state index in [0.717, 1.165) is 19.8 Å². The van der Waals surface area contributed by atoms with Crippen molar-refractivity contribution in [1.82, 2.24) is 10.6 Å². The van der Waals surface area contributed by atoms with Crippen molar-refractivity contribution < 1.29 is 4.74 Å². The Labute approximate surface area is 80.2 Å². The van der Waals surface area contributed by atoms with Gasteiger partial charge in [0.25, 0.3) is 0 Å². The van der Waals surface area contributed by atoms with E-state index in [1.807, 2.05) is 0 Å². The summed E-state index contributed by atoms with van der Waals surface area (Å²) in [6.45, 7) is 5.28. The van der Waals surface area contributed by atoms with Gasteiger partial charge in [-0.1, -0.05) is 0 Å². The lowest BCUT2D eigenvalue weighted by Gasteiger charge is -2.30. The fraction of sp³-hybridized carbons (Fsp3) is 1.00. The molecule has 0 spiro atoms. The molecule has 0 aliphatic carbocycles. The van der Waals surface area contributed by atoms with Gasteiger partial charge in [0, 0.05) is 24.7 Å². The predicted molar refractivity (Wildman–Crippen MR) is 52.8 cm³/mol. The quantitative estimate of drug-likeness (QED) is 0.656. The van der Waals surface area contributed by atoms with Gasteiger partial charge in [0.1, 0.15) is 0 Å². The van der Waals surface area contributed by atoms with Crippen LogP contribution < -0.4 is 10.6 Å². The van der Waals surface area contributed by atoms with Gasteiger partial charge < -0.3 is 15.4 Å². The minimum atomic E-state index is 0.621. The van der Waals surface area contributed by atoms with Crippen molar-refractivity contribution >= 4 is 0 Å². The Hall–Kier alpha value is -0.120. The highest BCUT2D eigenvalue weighted by Gasteiger charge is 2.23. The molecular formula is C10H20N2O. The Bertz CT molecular complexity index is 157. The summed E-state index contributed by atoms with van der Waals surface area (Å²) in [4.78, 5) is 0. The first kappa shape index (κ1) is 9.44. The van der Waals surface area contributed by atoms with Crippen LogP contribution in [-0.2, 0) is 4.74 Å². The molecule has 3 heteroatoms. The largest absolute Gasteiger partial charge is 0.380 e. The van der Waals surface area contributed by atoms with Crippen molar-refractivity contribution in [3.8, 4) is 0 Å². The third-order valence-electron chi connectivity index (χ3n) is 3.02. The van der Waals surface area contributed by atoms with Gasteiger partial charge in [-0.2, -0.15) is 0 Å². The van der Waals surface area contributed by atoms with Crippen LogP contribution in [0.4, 0.5) is 0 Å². The second kappa shape index (κ2) is 4.40. The summed E-state index contributed by atoms with van der Waals surface area (Å²) in [7, 11) is 0. The molecular weight excluding hydrogens is 164 g/mol. The van der Waals surface area contributed by atoms with E-state index in [1.165, 1.54) is 19.3 Å². The highest BCUT2D eigenvalue weighted by molar-refractivity contribution is 4.83. The summed E-state index contributed by atoms with van der Waals surface area (Å²) in [6, 6.07) is 2.01. The lowest BCUT2D eigenvalue weighted by molar-refractivity contribution is 0.185. The number of rotatable bonds is 2. The highest BCUT2D eigenvalue weighted by atomic mass is 16.5. The Morgan fingerprint density at radius 1 is 1.31 bits per heavy atom. The van der Waals surface area contributed by atoms with E-state index < -0.39 is 0 Å². The normalized spacial score (nSPS) is 40.8. The number of nitrogens with one attached hydrogen (secondary N) is 2. The zero-order chi connectivity index (χ0) is 9.10. The Kier molecular flexibility index (Phi) is 3.19. The molecule has 0 unspecified atom stereocenters. The molecule has 2 aliphatic heterocycles. The number of piperidine rings is 1. The average molecular weight is 184 g/mol. The van der Waals surface area contributed by atoms with Crippen LogP contribution in [-0.4, -0.2) is 37.9 Å². The van der Waals surface area contributed by atoms with Crippen LogP contribution in [0.1, 0.15) is 26.2 Å². The maximum atomic E-state index is 5.35. The van der Waals surface area contributed by atoms with E-state index in [-0.39, 0.29) is 0 Å². The first-order valence-corrected chi connectivity index (χ1v) is 5.42. The molecule has 2 aliphatic rings. The molecule has 0 aromatic heterocycles. The average Bonchev–Trinajstić information content (AvgIpc) is 2.57. The molecule has 0 amide bonds. The molecule has 0 saturated carbocycles. The Morgan fingerprint density at radius 3 is 2.92 bits per heavy atom. The van der Waals surface area contributed by atoms with Crippen LogP contribution in [0.15, 0.2) is 0 Å². The van der Waals surface area contributed by atoms with Crippen molar-refractivity contribution in [2.75, 3.05) is 19.8 Å². The highest BCUT2D eigenvalue weighted by Crippen LogP contribution is 2.12. The lowest BCUT2D eigenvalue weighted by atomic mass is 9.99. The van der Waals surface area contributed by atoms with E-state index in [9.17, 15) is 0 Å². The fourth-order valence-corrected chi connectivity index (χ4v) is 2.28. The molecule has 0 radical (unpaired) electrons. The molecule has 0 aromatic rings. The van der Waals surface area contributed by atoms with Gasteiger partial charge in [-0.15, -0.1) is 0 Å². The zero-order valence-electron chi connectivity index (χ0n) is 8.38. The second-order valence-corrected chi connectivity index (χ2v) is 4.30. The van der Waals surface area contributed by atoms with Gasteiger partial charge in [0.05, 0.1) is 6.61 Å². The van der Waals surface area contributed by atoms with Crippen molar-refractivity contribution in [3.05, 3.63) is 0 Å². The standard InChI is InChI=1S/C10H20N2O/c1-8-6-9(2-4-11-8)12-10-3-5-13-7-10/h8-12H,2-7H2,1H3/t8-,9+,10+/m1/s1. The third kappa shape index (κ3) is 2.66. The van der Waals surface area contributed by atoms with E-state index in [1.54, 1.807) is 0 Å². The number of hydrogen-bond donors (Lipinski definition) is 2. The fourth-order valence-electron chi connectivity index (χ4n) is 2.28. The van der Waals surface area contributed by atoms with Gasteiger partial charge in [0.15, 0.2) is 0 Å². The van der Waals surface area contributed by atoms with Crippen LogP contribution in [0.2, 0.25) is 0 Å². The van der Waals surface area contributed by atoms with Crippen molar-refractivity contribution in [2.24, 2.45) is 0 Å². The van der Waals surface area contributed by atoms with Crippen molar-refractivity contribution in [2.45, 2.75) is 44.3 Å². The van der Waals surface area contributed by atoms with Crippen LogP contribution in [0.25, 0.3) is 0 Å². The topological polar surface area (TPSA) is 33.3 Å². The molecule has 0 aromatic carbocycles. The molecule has 2 fully saturated rings.